The van der Waals surface area contributed by atoms with Gasteiger partial charge in [-0.15, -0.1) is 13.2 Å². The van der Waals surface area contributed by atoms with Crippen LogP contribution in [0, 0.1) is 16.7 Å². The van der Waals surface area contributed by atoms with Crippen LogP contribution in [0.1, 0.15) is 19.8 Å². The molecule has 0 heterocycles. The minimum Gasteiger partial charge on any atom is -0.197 e. The van der Waals surface area contributed by atoms with Crippen molar-refractivity contribution in [2.75, 3.05) is 0 Å². The van der Waals surface area contributed by atoms with Crippen LogP contribution in [0.5, 0.6) is 0 Å². The Morgan fingerprint density at radius 2 is 2.20 bits per heavy atom. The highest BCUT2D eigenvalue weighted by Gasteiger charge is 2.16. The standard InChI is InChI=1S/C9H13N/c1-4-6-7-9(3,5-2)8-10/h4-5H,1-2,6-7H2,3H3. The highest BCUT2D eigenvalue weighted by atomic mass is 14.3. The van der Waals surface area contributed by atoms with Crippen LogP contribution < -0.4 is 0 Å². The average Bonchev–Trinajstić information content (AvgIpc) is 2.00. The predicted molar refractivity (Wildman–Crippen MR) is 43.3 cm³/mol. The summed E-state index contributed by atoms with van der Waals surface area (Å²) in [5.74, 6) is 0. The SMILES string of the molecule is C=CCCC(C)(C#N)C=C. The zero-order valence-electron chi connectivity index (χ0n) is 6.43. The zero-order valence-corrected chi connectivity index (χ0v) is 6.43. The van der Waals surface area contributed by atoms with Crippen LogP contribution in [-0.2, 0) is 0 Å². The molecule has 1 unspecified atom stereocenters. The molecule has 0 aliphatic heterocycles. The smallest absolute Gasteiger partial charge is 0.0728 e. The van der Waals surface area contributed by atoms with Gasteiger partial charge >= 0.3 is 0 Å². The van der Waals surface area contributed by atoms with Gasteiger partial charge in [0.25, 0.3) is 0 Å². The van der Waals surface area contributed by atoms with Gasteiger partial charge in [0.05, 0.1) is 11.5 Å². The molecule has 0 aliphatic rings. The van der Waals surface area contributed by atoms with Gasteiger partial charge in [0, 0.05) is 0 Å². The summed E-state index contributed by atoms with van der Waals surface area (Å²) >= 11 is 0. The van der Waals surface area contributed by atoms with Gasteiger partial charge in [-0.3, -0.25) is 0 Å². The second kappa shape index (κ2) is 3.90. The molecule has 0 bridgehead atoms. The van der Waals surface area contributed by atoms with Crippen molar-refractivity contribution in [3.05, 3.63) is 25.3 Å². The Labute approximate surface area is 62.7 Å². The first-order chi connectivity index (χ1) is 4.68. The van der Waals surface area contributed by atoms with Crippen LogP contribution in [0.25, 0.3) is 0 Å². The van der Waals surface area contributed by atoms with Gasteiger partial charge < -0.3 is 0 Å². The number of rotatable bonds is 4. The van der Waals surface area contributed by atoms with Crippen molar-refractivity contribution in [2.24, 2.45) is 5.41 Å². The van der Waals surface area contributed by atoms with Crippen molar-refractivity contribution in [2.45, 2.75) is 19.8 Å². The lowest BCUT2D eigenvalue weighted by atomic mass is 9.87. The van der Waals surface area contributed by atoms with Crippen molar-refractivity contribution in [3.63, 3.8) is 0 Å². The van der Waals surface area contributed by atoms with Crippen LogP contribution in [0.15, 0.2) is 25.3 Å². The maximum Gasteiger partial charge on any atom is 0.0728 e. The summed E-state index contributed by atoms with van der Waals surface area (Å²) < 4.78 is 0. The van der Waals surface area contributed by atoms with Gasteiger partial charge in [-0.25, -0.2) is 0 Å². The van der Waals surface area contributed by atoms with E-state index in [4.69, 9.17) is 5.26 Å². The predicted octanol–water partition coefficient (Wildman–Crippen LogP) is 2.67. The Bertz CT molecular complexity index is 164. The molecule has 0 aromatic carbocycles. The molecule has 0 aromatic heterocycles. The third-order valence-electron chi connectivity index (χ3n) is 1.57. The minimum absolute atomic E-state index is 0.367. The van der Waals surface area contributed by atoms with Crippen LogP contribution in [0.2, 0.25) is 0 Å². The lowest BCUT2D eigenvalue weighted by Crippen LogP contribution is -2.08. The molecule has 1 atom stereocenters. The molecule has 0 fully saturated rings. The molecule has 0 aliphatic carbocycles. The monoisotopic (exact) mass is 135 g/mol. The molecule has 1 nitrogen and oxygen atoms in total. The third-order valence-corrected chi connectivity index (χ3v) is 1.57. The maximum atomic E-state index is 8.66. The van der Waals surface area contributed by atoms with E-state index < -0.39 is 0 Å². The third kappa shape index (κ3) is 2.50. The number of nitrogens with zero attached hydrogens (tertiary/aromatic N) is 1. The van der Waals surface area contributed by atoms with E-state index in [1.807, 2.05) is 13.0 Å². The Morgan fingerprint density at radius 3 is 2.50 bits per heavy atom. The molecule has 0 spiro atoms. The Hall–Kier alpha value is -1.03. The lowest BCUT2D eigenvalue weighted by Gasteiger charge is -2.13. The number of nitriles is 1. The number of hydrogen-bond acceptors (Lipinski definition) is 1. The van der Waals surface area contributed by atoms with Crippen LogP contribution in [0.4, 0.5) is 0 Å². The van der Waals surface area contributed by atoms with E-state index in [0.717, 1.165) is 12.8 Å². The van der Waals surface area contributed by atoms with Gasteiger partial charge in [0.15, 0.2) is 0 Å². The molecule has 0 N–H and O–H groups in total. The molecule has 54 valence electrons. The Morgan fingerprint density at radius 1 is 1.60 bits per heavy atom. The van der Waals surface area contributed by atoms with Crippen molar-refractivity contribution in [1.29, 1.82) is 5.26 Å². The average molecular weight is 135 g/mol. The summed E-state index contributed by atoms with van der Waals surface area (Å²) in [7, 11) is 0. The van der Waals surface area contributed by atoms with Crippen molar-refractivity contribution in [1.82, 2.24) is 0 Å². The quantitative estimate of drug-likeness (QED) is 0.544. The summed E-state index contributed by atoms with van der Waals surface area (Å²) in [4.78, 5) is 0. The van der Waals surface area contributed by atoms with Gasteiger partial charge in [-0.2, -0.15) is 5.26 Å². The lowest BCUT2D eigenvalue weighted by molar-refractivity contribution is 0.522. The van der Waals surface area contributed by atoms with Gasteiger partial charge in [-0.05, 0) is 19.8 Å². The van der Waals surface area contributed by atoms with Gasteiger partial charge in [-0.1, -0.05) is 12.2 Å². The first-order valence-corrected chi connectivity index (χ1v) is 3.34. The highest BCUT2D eigenvalue weighted by Crippen LogP contribution is 2.22. The van der Waals surface area contributed by atoms with E-state index in [2.05, 4.69) is 19.2 Å². The van der Waals surface area contributed by atoms with Gasteiger partial charge in [0.2, 0.25) is 0 Å². The Balaban J connectivity index is 3.96. The molecule has 0 radical (unpaired) electrons. The highest BCUT2D eigenvalue weighted by molar-refractivity contribution is 5.07. The van der Waals surface area contributed by atoms with E-state index in [1.165, 1.54) is 0 Å². The second-order valence-electron chi connectivity index (χ2n) is 2.56. The van der Waals surface area contributed by atoms with Crippen LogP contribution in [-0.4, -0.2) is 0 Å². The summed E-state index contributed by atoms with van der Waals surface area (Å²) in [6.07, 6.45) is 5.20. The molecular formula is C9H13N. The van der Waals surface area contributed by atoms with Crippen molar-refractivity contribution in [3.8, 4) is 6.07 Å². The maximum absolute atomic E-state index is 8.66. The zero-order chi connectivity index (χ0) is 8.04. The summed E-state index contributed by atoms with van der Waals surface area (Å²) in [6, 6.07) is 2.20. The number of allylic oxidation sites excluding steroid dienone is 2. The van der Waals surface area contributed by atoms with Crippen molar-refractivity contribution >= 4 is 0 Å². The molecule has 0 aromatic rings. The minimum atomic E-state index is -0.367. The molecule has 10 heavy (non-hydrogen) atoms. The fourth-order valence-corrected chi connectivity index (χ4v) is 0.606. The Kier molecular flexibility index (Phi) is 3.49. The summed E-state index contributed by atoms with van der Waals surface area (Å²) in [6.45, 7) is 9.07. The summed E-state index contributed by atoms with van der Waals surface area (Å²) in [5.41, 5.74) is -0.367. The molecular weight excluding hydrogens is 122 g/mol. The molecule has 1 heteroatoms. The van der Waals surface area contributed by atoms with E-state index in [1.54, 1.807) is 6.08 Å². The van der Waals surface area contributed by atoms with E-state index >= 15 is 0 Å². The topological polar surface area (TPSA) is 23.8 Å². The normalized spacial score (nSPS) is 14.8. The summed E-state index contributed by atoms with van der Waals surface area (Å²) in [5, 5.41) is 8.66. The van der Waals surface area contributed by atoms with E-state index in [-0.39, 0.29) is 5.41 Å². The second-order valence-corrected chi connectivity index (χ2v) is 2.56. The fraction of sp³-hybridized carbons (Fsp3) is 0.444. The van der Waals surface area contributed by atoms with Crippen molar-refractivity contribution < 1.29 is 0 Å². The van der Waals surface area contributed by atoms with E-state index in [9.17, 15) is 0 Å². The fourth-order valence-electron chi connectivity index (χ4n) is 0.606. The van der Waals surface area contributed by atoms with Crippen LogP contribution >= 0.6 is 0 Å². The first kappa shape index (κ1) is 8.97. The van der Waals surface area contributed by atoms with E-state index in [0.29, 0.717) is 0 Å². The molecule has 0 rings (SSSR count). The first-order valence-electron chi connectivity index (χ1n) is 3.34. The van der Waals surface area contributed by atoms with Crippen LogP contribution in [0.3, 0.4) is 0 Å². The molecule has 0 saturated heterocycles. The number of hydrogen-bond donors (Lipinski definition) is 0. The largest absolute Gasteiger partial charge is 0.197 e. The molecule has 0 saturated carbocycles. The molecule has 0 amide bonds. The van der Waals surface area contributed by atoms with Gasteiger partial charge in [0.1, 0.15) is 0 Å².